The number of carbonyl (C=O) groups is 1. The van der Waals surface area contributed by atoms with Crippen molar-refractivity contribution in [1.29, 1.82) is 0 Å². The van der Waals surface area contributed by atoms with Crippen molar-refractivity contribution < 1.29 is 9.53 Å². The van der Waals surface area contributed by atoms with E-state index in [4.69, 9.17) is 4.74 Å². The molecule has 134 valence electrons. The molecule has 2 aliphatic heterocycles. The van der Waals surface area contributed by atoms with E-state index in [1.165, 1.54) is 16.2 Å². The van der Waals surface area contributed by atoms with E-state index in [2.05, 4.69) is 35.8 Å². The van der Waals surface area contributed by atoms with Gasteiger partial charge in [-0.05, 0) is 51.3 Å². The molecule has 24 heavy (non-hydrogen) atoms. The van der Waals surface area contributed by atoms with Crippen LogP contribution >= 0.6 is 11.3 Å². The highest BCUT2D eigenvalue weighted by atomic mass is 32.1. The van der Waals surface area contributed by atoms with Gasteiger partial charge >= 0.3 is 0 Å². The molecule has 2 atom stereocenters. The molecule has 1 spiro atoms. The topological polar surface area (TPSA) is 32.8 Å². The van der Waals surface area contributed by atoms with Crippen LogP contribution in [0.15, 0.2) is 12.1 Å². The molecule has 3 heterocycles. The smallest absolute Gasteiger partial charge is 0.223 e. The fourth-order valence-corrected chi connectivity index (χ4v) is 5.74. The van der Waals surface area contributed by atoms with E-state index in [-0.39, 0.29) is 5.54 Å². The first kappa shape index (κ1) is 17.9. The predicted molar refractivity (Wildman–Crippen MR) is 98.3 cm³/mol. The van der Waals surface area contributed by atoms with Crippen LogP contribution in [-0.4, -0.2) is 54.1 Å². The van der Waals surface area contributed by atoms with E-state index in [1.54, 1.807) is 7.11 Å². The van der Waals surface area contributed by atoms with Gasteiger partial charge in [0, 0.05) is 42.4 Å². The van der Waals surface area contributed by atoms with Gasteiger partial charge in [0.25, 0.3) is 0 Å². The number of hydrogen-bond donors (Lipinski definition) is 0. The average molecular weight is 351 g/mol. The first-order valence-electron chi connectivity index (χ1n) is 9.19. The fraction of sp³-hybridized carbons (Fsp3) is 0.737. The molecule has 0 unspecified atom stereocenters. The summed E-state index contributed by atoms with van der Waals surface area (Å²) in [7, 11) is 1.72. The van der Waals surface area contributed by atoms with Crippen LogP contribution in [-0.2, 0) is 16.1 Å². The van der Waals surface area contributed by atoms with Gasteiger partial charge in [0.1, 0.15) is 0 Å². The van der Waals surface area contributed by atoms with Crippen molar-refractivity contribution in [3.05, 3.63) is 21.9 Å². The first-order chi connectivity index (χ1) is 11.6. The highest BCUT2D eigenvalue weighted by Crippen LogP contribution is 2.43. The number of nitrogens with zero attached hydrogens (tertiary/aromatic N) is 2. The van der Waals surface area contributed by atoms with E-state index in [0.717, 1.165) is 38.9 Å². The molecular formula is C19H30N2O2S. The Morgan fingerprint density at radius 2 is 2.21 bits per heavy atom. The Labute approximate surface area is 149 Å². The molecule has 1 aromatic rings. The maximum absolute atomic E-state index is 12.5. The van der Waals surface area contributed by atoms with Crippen LogP contribution in [0.5, 0.6) is 0 Å². The van der Waals surface area contributed by atoms with Crippen LogP contribution in [0, 0.1) is 6.92 Å². The largest absolute Gasteiger partial charge is 0.383 e. The number of likely N-dealkylation sites (tertiary alicyclic amines) is 2. The quantitative estimate of drug-likeness (QED) is 0.788. The lowest BCUT2D eigenvalue weighted by Gasteiger charge is -2.52. The summed E-state index contributed by atoms with van der Waals surface area (Å²) in [5.74, 6) is 0.319. The number of hydrogen-bond acceptors (Lipinski definition) is 4. The summed E-state index contributed by atoms with van der Waals surface area (Å²) in [6, 6.07) is 4.93. The maximum Gasteiger partial charge on any atom is 0.223 e. The minimum atomic E-state index is 0.0227. The number of piperidine rings is 1. The van der Waals surface area contributed by atoms with Crippen molar-refractivity contribution in [3.63, 3.8) is 0 Å². The molecule has 4 nitrogen and oxygen atoms in total. The molecule has 0 radical (unpaired) electrons. The van der Waals surface area contributed by atoms with Crippen LogP contribution in [0.4, 0.5) is 0 Å². The van der Waals surface area contributed by atoms with E-state index < -0.39 is 0 Å². The summed E-state index contributed by atoms with van der Waals surface area (Å²) >= 11 is 1.90. The summed E-state index contributed by atoms with van der Waals surface area (Å²) in [5, 5.41) is 0. The third-order valence-corrected chi connectivity index (χ3v) is 6.77. The second-order valence-electron chi connectivity index (χ2n) is 7.15. The predicted octanol–water partition coefficient (Wildman–Crippen LogP) is 3.44. The summed E-state index contributed by atoms with van der Waals surface area (Å²) in [5.41, 5.74) is 0.0227. The lowest BCUT2D eigenvalue weighted by atomic mass is 9.77. The number of carbonyl (C=O) groups excluding carboxylic acids is 1. The van der Waals surface area contributed by atoms with Crippen molar-refractivity contribution in [3.8, 4) is 0 Å². The highest BCUT2D eigenvalue weighted by molar-refractivity contribution is 7.11. The number of ether oxygens (including phenoxy) is 1. The summed E-state index contributed by atoms with van der Waals surface area (Å²) in [4.78, 5) is 20.2. The lowest BCUT2D eigenvalue weighted by molar-refractivity contribution is -0.136. The second-order valence-corrected chi connectivity index (χ2v) is 8.52. The van der Waals surface area contributed by atoms with E-state index in [0.29, 0.717) is 25.0 Å². The third kappa shape index (κ3) is 3.26. The van der Waals surface area contributed by atoms with Crippen molar-refractivity contribution in [2.75, 3.05) is 26.8 Å². The Balaban J connectivity index is 1.82. The van der Waals surface area contributed by atoms with Crippen molar-refractivity contribution in [1.82, 2.24) is 9.80 Å². The summed E-state index contributed by atoms with van der Waals surface area (Å²) < 4.78 is 5.27. The molecular weight excluding hydrogens is 320 g/mol. The van der Waals surface area contributed by atoms with E-state index in [9.17, 15) is 4.79 Å². The summed E-state index contributed by atoms with van der Waals surface area (Å²) in [6.07, 6.45) is 5.12. The number of methoxy groups -OCH3 is 1. The number of thiophene rings is 1. The zero-order chi connectivity index (χ0) is 17.2. The number of amides is 1. The zero-order valence-electron chi connectivity index (χ0n) is 15.2. The number of aryl methyl sites for hydroxylation is 1. The molecule has 0 aliphatic carbocycles. The van der Waals surface area contributed by atoms with Gasteiger partial charge in [0.15, 0.2) is 0 Å². The SMILES string of the molecule is CC[C@H]1N(Cc2ccc(C)s2)CCC[C@@]12CCC(=O)N2CCOC. The van der Waals surface area contributed by atoms with E-state index >= 15 is 0 Å². The molecule has 5 heteroatoms. The third-order valence-electron chi connectivity index (χ3n) is 5.79. The molecule has 2 saturated heterocycles. The zero-order valence-corrected chi connectivity index (χ0v) is 16.0. The van der Waals surface area contributed by atoms with Crippen LogP contribution in [0.25, 0.3) is 0 Å². The Morgan fingerprint density at radius 1 is 1.38 bits per heavy atom. The molecule has 0 N–H and O–H groups in total. The van der Waals surface area contributed by atoms with Gasteiger partial charge in [-0.1, -0.05) is 6.92 Å². The van der Waals surface area contributed by atoms with Crippen LogP contribution in [0.2, 0.25) is 0 Å². The van der Waals surface area contributed by atoms with Gasteiger partial charge in [0.2, 0.25) is 5.91 Å². The van der Waals surface area contributed by atoms with Gasteiger partial charge in [-0.3, -0.25) is 9.69 Å². The monoisotopic (exact) mass is 350 g/mol. The Bertz CT molecular complexity index is 573. The normalized spacial score (nSPS) is 28.2. The van der Waals surface area contributed by atoms with Crippen LogP contribution < -0.4 is 0 Å². The Hall–Kier alpha value is -0.910. The van der Waals surface area contributed by atoms with Crippen LogP contribution in [0.1, 0.15) is 48.8 Å². The van der Waals surface area contributed by atoms with Gasteiger partial charge < -0.3 is 9.64 Å². The maximum atomic E-state index is 12.5. The molecule has 2 aliphatic rings. The van der Waals surface area contributed by atoms with Crippen LogP contribution in [0.3, 0.4) is 0 Å². The van der Waals surface area contributed by atoms with Gasteiger partial charge in [-0.15, -0.1) is 11.3 Å². The molecule has 3 rings (SSSR count). The van der Waals surface area contributed by atoms with Crippen molar-refractivity contribution >= 4 is 17.2 Å². The van der Waals surface area contributed by atoms with Gasteiger partial charge in [0.05, 0.1) is 12.1 Å². The first-order valence-corrected chi connectivity index (χ1v) is 10.0. The number of rotatable bonds is 6. The minimum Gasteiger partial charge on any atom is -0.383 e. The minimum absolute atomic E-state index is 0.0227. The molecule has 1 aromatic heterocycles. The second kappa shape index (κ2) is 7.54. The van der Waals surface area contributed by atoms with Gasteiger partial charge in [-0.25, -0.2) is 0 Å². The molecule has 0 bridgehead atoms. The standard InChI is InChI=1S/C19H30N2O2S/c1-4-17-19(10-8-18(22)21(19)12-13-23-3)9-5-11-20(17)14-16-7-6-15(2)24-16/h6-7,17H,4-5,8-14H2,1-3H3/t17-,19-/m1/s1. The molecule has 0 saturated carbocycles. The lowest BCUT2D eigenvalue weighted by Crippen LogP contribution is -2.63. The Kier molecular flexibility index (Phi) is 5.63. The molecule has 2 fully saturated rings. The highest BCUT2D eigenvalue weighted by Gasteiger charge is 2.52. The van der Waals surface area contributed by atoms with Crippen molar-refractivity contribution in [2.45, 2.75) is 64.1 Å². The van der Waals surface area contributed by atoms with Crippen molar-refractivity contribution in [2.24, 2.45) is 0 Å². The average Bonchev–Trinajstić information content (AvgIpc) is 3.11. The molecule has 0 aromatic carbocycles. The Morgan fingerprint density at radius 3 is 2.88 bits per heavy atom. The van der Waals surface area contributed by atoms with Gasteiger partial charge in [-0.2, -0.15) is 0 Å². The molecule has 1 amide bonds. The summed E-state index contributed by atoms with van der Waals surface area (Å²) in [6.45, 7) is 7.98. The fourth-order valence-electron chi connectivity index (χ4n) is 4.83. The van der Waals surface area contributed by atoms with E-state index in [1.807, 2.05) is 11.3 Å².